The molecule has 3 rings (SSSR count). The van der Waals surface area contributed by atoms with Crippen molar-refractivity contribution in [2.24, 2.45) is 4.99 Å². The van der Waals surface area contributed by atoms with Gasteiger partial charge in [-0.25, -0.2) is 9.67 Å². The van der Waals surface area contributed by atoms with Gasteiger partial charge in [0, 0.05) is 45.8 Å². The van der Waals surface area contributed by atoms with Crippen LogP contribution in [0.4, 0.5) is 0 Å². The summed E-state index contributed by atoms with van der Waals surface area (Å²) < 4.78 is 7.13. The van der Waals surface area contributed by atoms with Crippen LogP contribution in [0.5, 0.6) is 0 Å². The lowest BCUT2D eigenvalue weighted by atomic mass is 9.94. The van der Waals surface area contributed by atoms with Gasteiger partial charge in [0.05, 0.1) is 6.54 Å². The molecule has 0 radical (unpaired) electrons. The Balaban J connectivity index is 1.42. The van der Waals surface area contributed by atoms with E-state index in [0.717, 1.165) is 56.1 Å². The van der Waals surface area contributed by atoms with Gasteiger partial charge in [-0.1, -0.05) is 19.3 Å². The molecule has 1 saturated carbocycles. The second kappa shape index (κ2) is 10.0. The molecule has 1 aliphatic heterocycles. The van der Waals surface area contributed by atoms with Crippen LogP contribution < -0.4 is 10.6 Å². The normalized spacial score (nSPS) is 21.3. The minimum absolute atomic E-state index is 0.317. The molecule has 1 atom stereocenters. The minimum Gasteiger partial charge on any atom is -0.377 e. The summed E-state index contributed by atoms with van der Waals surface area (Å²) in [6.45, 7) is 3.24. The summed E-state index contributed by atoms with van der Waals surface area (Å²) in [5.74, 6) is 2.69. The molecule has 8 heteroatoms. The molecule has 1 aromatic heterocycles. The number of hydrogen-bond acceptors (Lipinski definition) is 5. The predicted molar refractivity (Wildman–Crippen MR) is 107 cm³/mol. The van der Waals surface area contributed by atoms with Crippen molar-refractivity contribution in [2.45, 2.75) is 70.2 Å². The van der Waals surface area contributed by atoms with Gasteiger partial charge in [-0.05, 0) is 26.3 Å². The number of aromatic nitrogens is 3. The number of hydrogen-bond donors (Lipinski definition) is 2. The molecule has 2 aliphatic rings. The van der Waals surface area contributed by atoms with E-state index in [1.54, 1.807) is 7.11 Å². The van der Waals surface area contributed by atoms with Gasteiger partial charge in [-0.3, -0.25) is 4.99 Å². The van der Waals surface area contributed by atoms with Gasteiger partial charge < -0.3 is 20.3 Å². The van der Waals surface area contributed by atoms with E-state index < -0.39 is 0 Å². The van der Waals surface area contributed by atoms with Crippen molar-refractivity contribution >= 4 is 5.96 Å². The number of methoxy groups -OCH3 is 1. The fourth-order valence-corrected chi connectivity index (χ4v) is 4.11. The molecule has 8 nitrogen and oxygen atoms in total. The van der Waals surface area contributed by atoms with Gasteiger partial charge in [0.25, 0.3) is 0 Å². The van der Waals surface area contributed by atoms with Crippen molar-refractivity contribution < 1.29 is 4.74 Å². The third-order valence-electron chi connectivity index (χ3n) is 5.69. The Morgan fingerprint density at radius 2 is 2.11 bits per heavy atom. The van der Waals surface area contributed by atoms with Crippen LogP contribution in [0, 0.1) is 0 Å². The van der Waals surface area contributed by atoms with E-state index in [0.29, 0.717) is 12.6 Å². The number of aliphatic imine (C=N–C) groups is 1. The van der Waals surface area contributed by atoms with Gasteiger partial charge in [-0.2, -0.15) is 5.10 Å². The summed E-state index contributed by atoms with van der Waals surface area (Å²) in [6, 6.07) is 1.07. The SMILES string of the molecule is CN=C(NCCN(C)C1CCCCC1)NC1CCc2nc(COC)nn2C1. The molecule has 1 unspecified atom stereocenters. The van der Waals surface area contributed by atoms with E-state index in [1.807, 2.05) is 11.7 Å². The second-order valence-corrected chi connectivity index (χ2v) is 7.71. The monoisotopic (exact) mass is 377 g/mol. The zero-order chi connectivity index (χ0) is 19.1. The number of likely N-dealkylation sites (N-methyl/N-ethyl adjacent to an activating group) is 1. The maximum Gasteiger partial charge on any atom is 0.191 e. The first kappa shape index (κ1) is 20.1. The molecule has 1 aromatic rings. The second-order valence-electron chi connectivity index (χ2n) is 7.71. The zero-order valence-electron chi connectivity index (χ0n) is 17.1. The molecule has 0 bridgehead atoms. The summed E-state index contributed by atoms with van der Waals surface area (Å²) >= 11 is 0. The molecule has 1 aliphatic carbocycles. The number of rotatable bonds is 7. The van der Waals surface area contributed by atoms with E-state index in [2.05, 4.69) is 37.7 Å². The van der Waals surface area contributed by atoms with Gasteiger partial charge in [0.15, 0.2) is 11.8 Å². The van der Waals surface area contributed by atoms with Crippen molar-refractivity contribution in [1.82, 2.24) is 30.3 Å². The topological polar surface area (TPSA) is 79.6 Å². The Bertz CT molecular complexity index is 609. The number of fused-ring (bicyclic) bond motifs is 1. The molecule has 0 aromatic carbocycles. The molecule has 0 spiro atoms. The Kier molecular flexibility index (Phi) is 7.46. The average Bonchev–Trinajstić information content (AvgIpc) is 3.09. The van der Waals surface area contributed by atoms with Crippen molar-refractivity contribution in [1.29, 1.82) is 0 Å². The lowest BCUT2D eigenvalue weighted by Crippen LogP contribution is -2.49. The molecule has 2 N–H and O–H groups in total. The highest BCUT2D eigenvalue weighted by Crippen LogP contribution is 2.21. The lowest BCUT2D eigenvalue weighted by Gasteiger charge is -2.31. The number of aryl methyl sites for hydroxylation is 1. The largest absolute Gasteiger partial charge is 0.377 e. The molecular weight excluding hydrogens is 342 g/mol. The van der Waals surface area contributed by atoms with Crippen LogP contribution in [0.25, 0.3) is 0 Å². The van der Waals surface area contributed by atoms with Crippen LogP contribution in [-0.4, -0.2) is 72.0 Å². The highest BCUT2D eigenvalue weighted by atomic mass is 16.5. The van der Waals surface area contributed by atoms with Crippen LogP contribution in [-0.2, 0) is 24.3 Å². The van der Waals surface area contributed by atoms with Crippen LogP contribution in [0.15, 0.2) is 4.99 Å². The summed E-state index contributed by atoms with van der Waals surface area (Å²) in [4.78, 5) is 11.4. The highest BCUT2D eigenvalue weighted by Gasteiger charge is 2.22. The number of nitrogens with zero attached hydrogens (tertiary/aromatic N) is 5. The Morgan fingerprint density at radius 1 is 1.30 bits per heavy atom. The van der Waals surface area contributed by atoms with Crippen LogP contribution in [0.3, 0.4) is 0 Å². The minimum atomic E-state index is 0.317. The van der Waals surface area contributed by atoms with E-state index >= 15 is 0 Å². The smallest absolute Gasteiger partial charge is 0.191 e. The van der Waals surface area contributed by atoms with E-state index in [9.17, 15) is 0 Å². The quantitative estimate of drug-likeness (QED) is 0.549. The van der Waals surface area contributed by atoms with Gasteiger partial charge in [0.1, 0.15) is 12.4 Å². The van der Waals surface area contributed by atoms with Gasteiger partial charge in [-0.15, -0.1) is 0 Å². The summed E-state index contributed by atoms with van der Waals surface area (Å²) in [7, 11) is 5.76. The predicted octanol–water partition coefficient (Wildman–Crippen LogP) is 1.17. The number of nitrogens with one attached hydrogen (secondary N) is 2. The van der Waals surface area contributed by atoms with E-state index in [-0.39, 0.29) is 0 Å². The molecule has 27 heavy (non-hydrogen) atoms. The van der Waals surface area contributed by atoms with E-state index in [1.165, 1.54) is 32.1 Å². The first-order chi connectivity index (χ1) is 13.2. The molecule has 2 heterocycles. The molecule has 0 saturated heterocycles. The average molecular weight is 378 g/mol. The van der Waals surface area contributed by atoms with Crippen molar-refractivity contribution in [3.63, 3.8) is 0 Å². The van der Waals surface area contributed by atoms with Crippen molar-refractivity contribution in [3.8, 4) is 0 Å². The fourth-order valence-electron chi connectivity index (χ4n) is 4.11. The van der Waals surface area contributed by atoms with E-state index in [4.69, 9.17) is 4.74 Å². The lowest BCUT2D eigenvalue weighted by molar-refractivity contribution is 0.177. The highest BCUT2D eigenvalue weighted by molar-refractivity contribution is 5.79. The third kappa shape index (κ3) is 5.65. The van der Waals surface area contributed by atoms with Crippen molar-refractivity contribution in [3.05, 3.63) is 11.6 Å². The maximum absolute atomic E-state index is 5.13. The van der Waals surface area contributed by atoms with Gasteiger partial charge >= 0.3 is 0 Å². The fraction of sp³-hybridized carbons (Fsp3) is 0.842. The van der Waals surface area contributed by atoms with Crippen LogP contribution in [0.2, 0.25) is 0 Å². The van der Waals surface area contributed by atoms with Crippen LogP contribution in [0.1, 0.15) is 50.2 Å². The van der Waals surface area contributed by atoms with Crippen molar-refractivity contribution in [2.75, 3.05) is 34.3 Å². The Hall–Kier alpha value is -1.67. The Morgan fingerprint density at radius 3 is 2.85 bits per heavy atom. The Labute approximate surface area is 162 Å². The standard InChI is InChI=1S/C19H35N7O/c1-20-19(21-11-12-25(2)16-7-5-4-6-8-16)22-15-9-10-18-23-17(14-27-3)24-26(18)13-15/h15-16H,4-14H2,1-3H3,(H2,20,21,22). The first-order valence-corrected chi connectivity index (χ1v) is 10.3. The zero-order valence-corrected chi connectivity index (χ0v) is 17.1. The molecule has 152 valence electrons. The number of guanidine groups is 1. The molecule has 0 amide bonds. The summed E-state index contributed by atoms with van der Waals surface area (Å²) in [5, 5.41) is 11.5. The molecular formula is C19H35N7O. The molecule has 1 fully saturated rings. The third-order valence-corrected chi connectivity index (χ3v) is 5.69. The van der Waals surface area contributed by atoms with Crippen LogP contribution >= 0.6 is 0 Å². The summed E-state index contributed by atoms with van der Waals surface area (Å²) in [5.41, 5.74) is 0. The number of ether oxygens (including phenoxy) is 1. The maximum atomic E-state index is 5.13. The summed E-state index contributed by atoms with van der Waals surface area (Å²) in [6.07, 6.45) is 8.81. The van der Waals surface area contributed by atoms with Gasteiger partial charge in [0.2, 0.25) is 0 Å². The first-order valence-electron chi connectivity index (χ1n) is 10.3.